The average Bonchev–Trinajstić information content (AvgIpc) is 2.34. The standard InChI is InChI=1S/C12H12Cl2N4/c1-7-10(15)11(18-12(14)17-7)16-6-8-2-4-9(13)5-3-8/h2-5H,6,15H2,1H3,(H,16,17,18). The highest BCUT2D eigenvalue weighted by molar-refractivity contribution is 6.30. The molecule has 0 amide bonds. The third-order valence-corrected chi connectivity index (χ3v) is 2.90. The number of aryl methyl sites for hydroxylation is 1. The molecule has 1 aromatic heterocycles. The molecule has 0 aliphatic rings. The molecule has 1 heterocycles. The van der Waals surface area contributed by atoms with Gasteiger partial charge in [-0.1, -0.05) is 23.7 Å². The van der Waals surface area contributed by atoms with Crippen LogP contribution in [0.2, 0.25) is 10.3 Å². The maximum absolute atomic E-state index is 5.87. The van der Waals surface area contributed by atoms with Crippen LogP contribution in [-0.2, 0) is 6.54 Å². The molecule has 4 nitrogen and oxygen atoms in total. The quantitative estimate of drug-likeness (QED) is 0.848. The van der Waals surface area contributed by atoms with Gasteiger partial charge in [-0.05, 0) is 36.2 Å². The first kappa shape index (κ1) is 12.9. The molecule has 0 aliphatic heterocycles. The normalized spacial score (nSPS) is 10.4. The summed E-state index contributed by atoms with van der Waals surface area (Å²) in [4.78, 5) is 8.03. The van der Waals surface area contributed by atoms with Gasteiger partial charge in [0.25, 0.3) is 0 Å². The van der Waals surface area contributed by atoms with Crippen LogP contribution in [0.3, 0.4) is 0 Å². The zero-order valence-corrected chi connectivity index (χ0v) is 11.3. The highest BCUT2D eigenvalue weighted by Gasteiger charge is 2.07. The number of rotatable bonds is 3. The van der Waals surface area contributed by atoms with E-state index < -0.39 is 0 Å². The first-order valence-corrected chi connectivity index (χ1v) is 6.10. The molecule has 0 spiro atoms. The van der Waals surface area contributed by atoms with Crippen LogP contribution in [0.5, 0.6) is 0 Å². The Balaban J connectivity index is 2.13. The second-order valence-electron chi connectivity index (χ2n) is 3.82. The minimum Gasteiger partial charge on any atom is -0.394 e. The second kappa shape index (κ2) is 5.42. The maximum atomic E-state index is 5.87. The predicted octanol–water partition coefficient (Wildman–Crippen LogP) is 3.29. The Morgan fingerprint density at radius 3 is 2.50 bits per heavy atom. The fourth-order valence-corrected chi connectivity index (χ4v) is 1.81. The summed E-state index contributed by atoms with van der Waals surface area (Å²) in [7, 11) is 0. The van der Waals surface area contributed by atoms with E-state index in [2.05, 4.69) is 15.3 Å². The third kappa shape index (κ3) is 3.03. The van der Waals surface area contributed by atoms with Crippen molar-refractivity contribution in [2.45, 2.75) is 13.5 Å². The highest BCUT2D eigenvalue weighted by atomic mass is 35.5. The number of nitrogen functional groups attached to an aromatic ring is 1. The van der Waals surface area contributed by atoms with Crippen molar-refractivity contribution in [3.63, 3.8) is 0 Å². The molecule has 94 valence electrons. The molecule has 2 rings (SSSR count). The largest absolute Gasteiger partial charge is 0.394 e. The highest BCUT2D eigenvalue weighted by Crippen LogP contribution is 2.21. The average molecular weight is 283 g/mol. The molecule has 2 aromatic rings. The van der Waals surface area contributed by atoms with Crippen LogP contribution in [0.4, 0.5) is 11.5 Å². The first-order valence-electron chi connectivity index (χ1n) is 5.34. The van der Waals surface area contributed by atoms with Crippen LogP contribution in [0.1, 0.15) is 11.3 Å². The Labute approximate surface area is 115 Å². The maximum Gasteiger partial charge on any atom is 0.224 e. The summed E-state index contributed by atoms with van der Waals surface area (Å²) in [5.41, 5.74) is 8.12. The van der Waals surface area contributed by atoms with Gasteiger partial charge in [-0.3, -0.25) is 0 Å². The molecular weight excluding hydrogens is 271 g/mol. The number of hydrogen-bond donors (Lipinski definition) is 2. The van der Waals surface area contributed by atoms with E-state index >= 15 is 0 Å². The van der Waals surface area contributed by atoms with Gasteiger partial charge in [-0.15, -0.1) is 0 Å². The fraction of sp³-hybridized carbons (Fsp3) is 0.167. The van der Waals surface area contributed by atoms with Crippen molar-refractivity contribution in [3.05, 3.63) is 45.8 Å². The topological polar surface area (TPSA) is 63.8 Å². The number of nitrogens with zero attached hydrogens (tertiary/aromatic N) is 2. The second-order valence-corrected chi connectivity index (χ2v) is 4.59. The third-order valence-electron chi connectivity index (χ3n) is 2.48. The van der Waals surface area contributed by atoms with Crippen LogP contribution in [0.25, 0.3) is 0 Å². The lowest BCUT2D eigenvalue weighted by Gasteiger charge is -2.10. The molecule has 0 aliphatic carbocycles. The Kier molecular flexibility index (Phi) is 3.89. The lowest BCUT2D eigenvalue weighted by atomic mass is 10.2. The lowest BCUT2D eigenvalue weighted by molar-refractivity contribution is 1.06. The fourth-order valence-electron chi connectivity index (χ4n) is 1.47. The lowest BCUT2D eigenvalue weighted by Crippen LogP contribution is -2.07. The number of nitrogens with two attached hydrogens (primary N) is 1. The molecule has 1 aromatic carbocycles. The van der Waals surface area contributed by atoms with E-state index in [0.717, 1.165) is 5.56 Å². The van der Waals surface area contributed by atoms with Crippen molar-refractivity contribution >= 4 is 34.7 Å². The number of nitrogens with one attached hydrogen (secondary N) is 1. The van der Waals surface area contributed by atoms with Gasteiger partial charge in [-0.25, -0.2) is 4.98 Å². The summed E-state index contributed by atoms with van der Waals surface area (Å²) < 4.78 is 0. The van der Waals surface area contributed by atoms with E-state index in [1.165, 1.54) is 0 Å². The molecule has 0 fully saturated rings. The van der Waals surface area contributed by atoms with Gasteiger partial charge in [0.2, 0.25) is 5.28 Å². The molecule has 0 saturated heterocycles. The van der Waals surface area contributed by atoms with Gasteiger partial charge in [0.05, 0.1) is 11.4 Å². The molecule has 6 heteroatoms. The number of aromatic nitrogens is 2. The molecule has 18 heavy (non-hydrogen) atoms. The van der Waals surface area contributed by atoms with E-state index in [1.54, 1.807) is 6.92 Å². The Bertz CT molecular complexity index is 555. The van der Waals surface area contributed by atoms with Gasteiger partial charge in [0.1, 0.15) is 0 Å². The Morgan fingerprint density at radius 1 is 1.17 bits per heavy atom. The Morgan fingerprint density at radius 2 is 1.83 bits per heavy atom. The van der Waals surface area contributed by atoms with E-state index in [4.69, 9.17) is 28.9 Å². The molecule has 0 saturated carbocycles. The van der Waals surface area contributed by atoms with Crippen molar-refractivity contribution in [2.24, 2.45) is 0 Å². The van der Waals surface area contributed by atoms with Crippen molar-refractivity contribution < 1.29 is 0 Å². The van der Waals surface area contributed by atoms with Crippen LogP contribution in [0, 0.1) is 6.92 Å². The van der Waals surface area contributed by atoms with Gasteiger partial charge >= 0.3 is 0 Å². The smallest absolute Gasteiger partial charge is 0.224 e. The molecule has 0 radical (unpaired) electrons. The predicted molar refractivity (Wildman–Crippen MR) is 75.0 cm³/mol. The minimum atomic E-state index is 0.181. The van der Waals surface area contributed by atoms with E-state index in [9.17, 15) is 0 Å². The van der Waals surface area contributed by atoms with Crippen LogP contribution in [0.15, 0.2) is 24.3 Å². The van der Waals surface area contributed by atoms with Crippen LogP contribution in [-0.4, -0.2) is 9.97 Å². The summed E-state index contributed by atoms with van der Waals surface area (Å²) in [5, 5.41) is 4.02. The van der Waals surface area contributed by atoms with Crippen LogP contribution < -0.4 is 11.1 Å². The first-order chi connectivity index (χ1) is 8.56. The summed E-state index contributed by atoms with van der Waals surface area (Å²) in [6.45, 7) is 2.38. The SMILES string of the molecule is Cc1nc(Cl)nc(NCc2ccc(Cl)cc2)c1N. The van der Waals surface area contributed by atoms with Crippen molar-refractivity contribution in [3.8, 4) is 0 Å². The van der Waals surface area contributed by atoms with Gasteiger partial charge in [0.15, 0.2) is 5.82 Å². The Hall–Kier alpha value is -1.52. The number of anilines is 2. The van der Waals surface area contributed by atoms with E-state index in [1.807, 2.05) is 24.3 Å². The molecule has 0 unspecified atom stereocenters. The summed E-state index contributed by atoms with van der Waals surface area (Å²) >= 11 is 11.6. The van der Waals surface area contributed by atoms with Gasteiger partial charge in [0, 0.05) is 11.6 Å². The van der Waals surface area contributed by atoms with E-state index in [0.29, 0.717) is 28.8 Å². The van der Waals surface area contributed by atoms with Crippen molar-refractivity contribution in [2.75, 3.05) is 11.1 Å². The summed E-state index contributed by atoms with van der Waals surface area (Å²) in [6.07, 6.45) is 0. The number of benzene rings is 1. The van der Waals surface area contributed by atoms with E-state index in [-0.39, 0.29) is 5.28 Å². The van der Waals surface area contributed by atoms with Crippen molar-refractivity contribution in [1.82, 2.24) is 9.97 Å². The monoisotopic (exact) mass is 282 g/mol. The molecule has 0 atom stereocenters. The number of halogens is 2. The van der Waals surface area contributed by atoms with Crippen molar-refractivity contribution in [1.29, 1.82) is 0 Å². The molecule has 0 bridgehead atoms. The summed E-state index contributed by atoms with van der Waals surface area (Å²) in [6, 6.07) is 7.53. The summed E-state index contributed by atoms with van der Waals surface area (Å²) in [5.74, 6) is 0.544. The molecule has 3 N–H and O–H groups in total. The zero-order valence-electron chi connectivity index (χ0n) is 9.74. The number of hydrogen-bond acceptors (Lipinski definition) is 4. The zero-order chi connectivity index (χ0) is 13.1. The molecular formula is C12H12Cl2N4. The van der Waals surface area contributed by atoms with Gasteiger partial charge in [-0.2, -0.15) is 4.98 Å². The van der Waals surface area contributed by atoms with Crippen LogP contribution >= 0.6 is 23.2 Å². The van der Waals surface area contributed by atoms with Gasteiger partial charge < -0.3 is 11.1 Å². The minimum absolute atomic E-state index is 0.181.